The van der Waals surface area contributed by atoms with Gasteiger partial charge in [-0.15, -0.1) is 0 Å². The van der Waals surface area contributed by atoms with E-state index in [0.29, 0.717) is 30.4 Å². The maximum absolute atomic E-state index is 14.8. The fourth-order valence-electron chi connectivity index (χ4n) is 7.27. The molecule has 5 heterocycles. The van der Waals surface area contributed by atoms with Crippen LogP contribution in [0.15, 0.2) is 75.9 Å². The molecule has 2 amide bonds. The number of rotatable bonds is 7. The topological polar surface area (TPSA) is 101 Å². The average molecular weight is 663 g/mol. The summed E-state index contributed by atoms with van der Waals surface area (Å²) < 4.78 is 10.9. The van der Waals surface area contributed by atoms with E-state index in [0.717, 1.165) is 82.3 Å². The molecule has 7 rings (SSSR count). The van der Waals surface area contributed by atoms with Crippen molar-refractivity contribution in [2.75, 3.05) is 31.1 Å². The molecule has 0 radical (unpaired) electrons. The Labute approximate surface area is 285 Å². The Bertz CT molecular complexity index is 1950. The number of hydrogen-bond donors (Lipinski definition) is 1. The molecule has 1 saturated heterocycles. The summed E-state index contributed by atoms with van der Waals surface area (Å²) in [5.41, 5.74) is 9.44. The summed E-state index contributed by atoms with van der Waals surface area (Å²) >= 11 is 6.12. The number of pyridine rings is 1. The van der Waals surface area contributed by atoms with Crippen LogP contribution in [0.4, 0.5) is 10.5 Å². The quantitative estimate of drug-likeness (QED) is 0.188. The van der Waals surface area contributed by atoms with Crippen molar-refractivity contribution in [1.29, 1.82) is 0 Å². The van der Waals surface area contributed by atoms with Crippen LogP contribution in [0.1, 0.15) is 52.4 Å². The second kappa shape index (κ2) is 13.1. The molecule has 48 heavy (non-hydrogen) atoms. The molecule has 0 aliphatic carbocycles. The molecule has 1 spiro atoms. The highest BCUT2D eigenvalue weighted by Crippen LogP contribution is 2.48. The summed E-state index contributed by atoms with van der Waals surface area (Å²) in [5.74, 6) is 1.51. The first-order valence-electron chi connectivity index (χ1n) is 16.4. The molecule has 3 aromatic heterocycles. The molecule has 5 aromatic rings. The zero-order valence-corrected chi connectivity index (χ0v) is 28.5. The predicted molar refractivity (Wildman–Crippen MR) is 188 cm³/mol. The van der Waals surface area contributed by atoms with Gasteiger partial charge < -0.3 is 19.3 Å². The van der Waals surface area contributed by atoms with Crippen LogP contribution in [-0.2, 0) is 12.0 Å². The van der Waals surface area contributed by atoms with Crippen molar-refractivity contribution in [3.63, 3.8) is 0 Å². The lowest BCUT2D eigenvalue weighted by atomic mass is 9.74. The minimum absolute atomic E-state index is 0.0341. The van der Waals surface area contributed by atoms with E-state index in [2.05, 4.69) is 38.8 Å². The molecular formula is C38H39ClN6O3. The van der Waals surface area contributed by atoms with Crippen LogP contribution < -0.4 is 10.2 Å². The number of nitrogens with one attached hydrogen (secondary N) is 1. The van der Waals surface area contributed by atoms with Crippen molar-refractivity contribution in [1.82, 2.24) is 25.5 Å². The van der Waals surface area contributed by atoms with Crippen molar-refractivity contribution in [2.45, 2.75) is 52.5 Å². The number of anilines is 1. The first-order valence-corrected chi connectivity index (χ1v) is 16.8. The number of carbonyl (C=O) groups excluding carboxylic acids is 1. The Morgan fingerprint density at radius 1 is 0.958 bits per heavy atom. The van der Waals surface area contributed by atoms with Crippen LogP contribution in [-0.4, -0.2) is 52.4 Å². The van der Waals surface area contributed by atoms with Gasteiger partial charge in [-0.1, -0.05) is 52.3 Å². The Hall–Kier alpha value is -4.73. The third-order valence-electron chi connectivity index (χ3n) is 9.70. The molecule has 10 heteroatoms. The van der Waals surface area contributed by atoms with E-state index >= 15 is 0 Å². The van der Waals surface area contributed by atoms with Crippen LogP contribution in [0.25, 0.3) is 28.5 Å². The number of carbonyl (C=O) groups is 1. The smallest absolute Gasteiger partial charge is 0.325 e. The van der Waals surface area contributed by atoms with E-state index in [1.165, 1.54) is 5.56 Å². The molecule has 1 fully saturated rings. The molecule has 246 valence electrons. The minimum atomic E-state index is -0.136. The highest BCUT2D eigenvalue weighted by Gasteiger charge is 2.46. The third-order valence-corrected chi connectivity index (χ3v) is 9.95. The molecule has 1 N–H and O–H groups in total. The van der Waals surface area contributed by atoms with Crippen LogP contribution in [0.3, 0.4) is 0 Å². The van der Waals surface area contributed by atoms with Gasteiger partial charge in [-0.05, 0) is 112 Å². The monoisotopic (exact) mass is 662 g/mol. The summed E-state index contributed by atoms with van der Waals surface area (Å²) in [5, 5.41) is 12.5. The number of nitrogens with zero attached hydrogens (tertiary/aromatic N) is 5. The Morgan fingerprint density at radius 3 is 2.35 bits per heavy atom. The van der Waals surface area contributed by atoms with Gasteiger partial charge in [0.1, 0.15) is 11.5 Å². The van der Waals surface area contributed by atoms with E-state index in [-0.39, 0.29) is 11.4 Å². The van der Waals surface area contributed by atoms with Gasteiger partial charge in [0, 0.05) is 47.5 Å². The molecule has 0 unspecified atom stereocenters. The fraction of sp³-hybridized carbons (Fsp3) is 0.316. The van der Waals surface area contributed by atoms with E-state index in [9.17, 15) is 4.79 Å². The number of urea groups is 1. The molecule has 0 atom stereocenters. The second-order valence-electron chi connectivity index (χ2n) is 12.9. The van der Waals surface area contributed by atoms with Crippen LogP contribution in [0.5, 0.6) is 0 Å². The number of amides is 2. The number of fused-ring (bicyclic) bond motifs is 2. The van der Waals surface area contributed by atoms with Crippen molar-refractivity contribution in [3.8, 4) is 22.4 Å². The van der Waals surface area contributed by atoms with E-state index in [4.69, 9.17) is 20.6 Å². The summed E-state index contributed by atoms with van der Waals surface area (Å²) in [7, 11) is 0. The number of piperidine rings is 1. The molecule has 2 aromatic carbocycles. The number of aryl methyl sites for hydroxylation is 4. The number of benzene rings is 2. The normalized spacial score (nSPS) is 15.4. The second-order valence-corrected chi connectivity index (χ2v) is 13.3. The Morgan fingerprint density at radius 2 is 1.67 bits per heavy atom. The van der Waals surface area contributed by atoms with Gasteiger partial charge in [0.05, 0.1) is 22.6 Å². The number of hydrogen-bond acceptors (Lipinski definition) is 7. The zero-order chi connectivity index (χ0) is 33.4. The Kier molecular flexibility index (Phi) is 8.66. The highest BCUT2D eigenvalue weighted by atomic mass is 35.5. The first-order chi connectivity index (χ1) is 23.2. The minimum Gasteiger partial charge on any atom is -0.361 e. The summed E-state index contributed by atoms with van der Waals surface area (Å²) in [6.07, 6.45) is 7.76. The van der Waals surface area contributed by atoms with E-state index < -0.39 is 0 Å². The molecule has 2 aliphatic rings. The summed E-state index contributed by atoms with van der Waals surface area (Å²) in [6, 6.07) is 18.1. The lowest BCUT2D eigenvalue weighted by molar-refractivity contribution is 0.205. The van der Waals surface area contributed by atoms with Gasteiger partial charge in [0.25, 0.3) is 0 Å². The van der Waals surface area contributed by atoms with Crippen molar-refractivity contribution < 1.29 is 13.8 Å². The van der Waals surface area contributed by atoms with Crippen molar-refractivity contribution >= 4 is 29.4 Å². The maximum atomic E-state index is 14.8. The number of halogens is 1. The van der Waals surface area contributed by atoms with Gasteiger partial charge >= 0.3 is 6.03 Å². The SMILES string of the molecule is Cc1noc(C)c1-c1ccc2c(c1)C1(CCNCC1)CN2C(=O)N(CC=Cc1ccc(Cl)cc1)Cc1ccnc(-c2c(C)noc2C)c1. The first kappa shape index (κ1) is 31.8. The standard InChI is InChI=1S/C38H39ClN6O3/c1-24-35(26(3)47-42-24)30-9-12-34-32(21-30)38(14-17-40-18-15-38)23-45(34)37(46)44(19-5-6-28-7-10-31(39)11-8-28)22-29-13-16-41-33(20-29)36-25(2)43-48-27(36)4/h5-13,16,20-21,40H,14-15,17-19,22-23H2,1-4H3. The molecule has 2 aliphatic heterocycles. The van der Waals surface area contributed by atoms with E-state index in [1.807, 2.05) is 86.0 Å². The Balaban J connectivity index is 1.24. The van der Waals surface area contributed by atoms with Gasteiger partial charge in [0.2, 0.25) is 0 Å². The largest absolute Gasteiger partial charge is 0.361 e. The van der Waals surface area contributed by atoms with Gasteiger partial charge in [-0.25, -0.2) is 4.79 Å². The van der Waals surface area contributed by atoms with Crippen LogP contribution >= 0.6 is 11.6 Å². The lowest BCUT2D eigenvalue weighted by Gasteiger charge is -2.35. The third kappa shape index (κ3) is 6.04. The van der Waals surface area contributed by atoms with E-state index in [1.54, 1.807) is 6.20 Å². The van der Waals surface area contributed by atoms with Gasteiger partial charge in [0.15, 0.2) is 0 Å². The maximum Gasteiger partial charge on any atom is 0.325 e. The van der Waals surface area contributed by atoms with Gasteiger partial charge in [-0.2, -0.15) is 0 Å². The average Bonchev–Trinajstić information content (AvgIpc) is 3.72. The predicted octanol–water partition coefficient (Wildman–Crippen LogP) is 8.06. The molecule has 9 nitrogen and oxygen atoms in total. The fourth-order valence-corrected chi connectivity index (χ4v) is 7.40. The highest BCUT2D eigenvalue weighted by molar-refractivity contribution is 6.30. The summed E-state index contributed by atoms with van der Waals surface area (Å²) in [6.45, 7) is 11.0. The van der Waals surface area contributed by atoms with Crippen LogP contribution in [0.2, 0.25) is 5.02 Å². The lowest BCUT2D eigenvalue weighted by Crippen LogP contribution is -2.47. The number of aromatic nitrogens is 3. The molecular weight excluding hydrogens is 624 g/mol. The van der Waals surface area contributed by atoms with Crippen molar-refractivity contribution in [2.24, 2.45) is 0 Å². The zero-order valence-electron chi connectivity index (χ0n) is 27.7. The molecule has 0 bridgehead atoms. The van der Waals surface area contributed by atoms with Gasteiger partial charge in [-0.3, -0.25) is 9.88 Å². The summed E-state index contributed by atoms with van der Waals surface area (Å²) in [4.78, 5) is 23.3. The van der Waals surface area contributed by atoms with Crippen molar-refractivity contribution in [3.05, 3.63) is 111 Å². The van der Waals surface area contributed by atoms with Crippen LogP contribution in [0, 0.1) is 27.7 Å². The molecule has 0 saturated carbocycles.